The van der Waals surface area contributed by atoms with Gasteiger partial charge in [0.05, 0.1) is 6.42 Å². The number of aromatic hydroxyl groups is 1. The summed E-state index contributed by atoms with van der Waals surface area (Å²) in [5, 5.41) is 21.6. The third kappa shape index (κ3) is 2.03. The van der Waals surface area contributed by atoms with Gasteiger partial charge in [-0.25, -0.2) is 0 Å². The average Bonchev–Trinajstić information content (AvgIpc) is 2.65. The summed E-state index contributed by atoms with van der Waals surface area (Å²) in [4.78, 5) is 10.6. The van der Waals surface area contributed by atoms with Crippen LogP contribution in [0.5, 0.6) is 5.75 Å². The highest BCUT2D eigenvalue weighted by atomic mass is 16.5. The van der Waals surface area contributed by atoms with E-state index < -0.39 is 5.97 Å². The zero-order valence-electron chi connectivity index (χ0n) is 8.25. The summed E-state index contributed by atoms with van der Waals surface area (Å²) >= 11 is 0. The molecule has 1 aromatic heterocycles. The fourth-order valence-electron chi connectivity index (χ4n) is 1.44. The lowest BCUT2D eigenvalue weighted by molar-refractivity contribution is -0.136. The maximum absolute atomic E-state index is 10.6. The highest BCUT2D eigenvalue weighted by Crippen LogP contribution is 2.26. The van der Waals surface area contributed by atoms with Crippen LogP contribution in [0.4, 0.5) is 0 Å². The van der Waals surface area contributed by atoms with Crippen molar-refractivity contribution in [2.24, 2.45) is 0 Å². The Labute approximate surface area is 90.9 Å². The zero-order chi connectivity index (χ0) is 11.5. The SMILES string of the molecule is O=C(O)Cc1nocc1-c1cccc(O)c1. The molecule has 0 aliphatic carbocycles. The Morgan fingerprint density at radius 2 is 2.25 bits per heavy atom. The van der Waals surface area contributed by atoms with Gasteiger partial charge in [-0.3, -0.25) is 4.79 Å². The van der Waals surface area contributed by atoms with Gasteiger partial charge in [0.1, 0.15) is 17.7 Å². The Morgan fingerprint density at radius 1 is 1.44 bits per heavy atom. The normalized spacial score (nSPS) is 10.2. The molecule has 16 heavy (non-hydrogen) atoms. The van der Waals surface area contributed by atoms with Crippen LogP contribution in [0.15, 0.2) is 35.1 Å². The number of carbonyl (C=O) groups is 1. The molecular weight excluding hydrogens is 210 g/mol. The standard InChI is InChI=1S/C11H9NO4/c13-8-3-1-2-7(4-8)9-6-16-12-10(9)5-11(14)15/h1-4,6,13H,5H2,(H,14,15). The fraction of sp³-hybridized carbons (Fsp3) is 0.0909. The molecule has 82 valence electrons. The molecule has 0 saturated heterocycles. The molecule has 0 saturated carbocycles. The lowest BCUT2D eigenvalue weighted by Gasteiger charge is -1.99. The van der Waals surface area contributed by atoms with Gasteiger partial charge in [-0.15, -0.1) is 0 Å². The molecule has 0 aliphatic heterocycles. The van der Waals surface area contributed by atoms with Gasteiger partial charge in [-0.05, 0) is 17.7 Å². The van der Waals surface area contributed by atoms with E-state index >= 15 is 0 Å². The number of phenolic OH excluding ortho intramolecular Hbond substituents is 1. The van der Waals surface area contributed by atoms with Crippen molar-refractivity contribution in [3.8, 4) is 16.9 Å². The molecule has 0 amide bonds. The third-order valence-corrected chi connectivity index (χ3v) is 2.12. The molecule has 0 unspecified atom stereocenters. The smallest absolute Gasteiger partial charge is 0.309 e. The van der Waals surface area contributed by atoms with Crippen molar-refractivity contribution < 1.29 is 19.5 Å². The van der Waals surface area contributed by atoms with E-state index in [1.54, 1.807) is 12.1 Å². The van der Waals surface area contributed by atoms with Crippen LogP contribution in [-0.2, 0) is 11.2 Å². The van der Waals surface area contributed by atoms with E-state index in [0.717, 1.165) is 0 Å². The van der Waals surface area contributed by atoms with Gasteiger partial charge < -0.3 is 14.7 Å². The van der Waals surface area contributed by atoms with Crippen molar-refractivity contribution in [3.05, 3.63) is 36.2 Å². The number of benzene rings is 1. The first-order chi connectivity index (χ1) is 7.66. The summed E-state index contributed by atoms with van der Waals surface area (Å²) in [6.45, 7) is 0. The van der Waals surface area contributed by atoms with E-state index in [-0.39, 0.29) is 12.2 Å². The van der Waals surface area contributed by atoms with E-state index in [1.165, 1.54) is 18.4 Å². The number of aliphatic carboxylic acids is 1. The van der Waals surface area contributed by atoms with Crippen molar-refractivity contribution in [2.45, 2.75) is 6.42 Å². The first-order valence-electron chi connectivity index (χ1n) is 4.61. The number of hydrogen-bond donors (Lipinski definition) is 2. The number of carboxylic acids is 1. The molecule has 0 spiro atoms. The third-order valence-electron chi connectivity index (χ3n) is 2.12. The van der Waals surface area contributed by atoms with Crippen LogP contribution in [0.3, 0.4) is 0 Å². The van der Waals surface area contributed by atoms with Gasteiger partial charge in [0.2, 0.25) is 0 Å². The molecule has 0 bridgehead atoms. The van der Waals surface area contributed by atoms with Gasteiger partial charge in [0, 0.05) is 5.56 Å². The van der Waals surface area contributed by atoms with Gasteiger partial charge in [-0.1, -0.05) is 17.3 Å². The quantitative estimate of drug-likeness (QED) is 0.820. The Bertz CT molecular complexity index is 518. The molecule has 2 rings (SSSR count). The molecule has 0 radical (unpaired) electrons. The molecule has 1 heterocycles. The van der Waals surface area contributed by atoms with Crippen LogP contribution in [0.1, 0.15) is 5.69 Å². The van der Waals surface area contributed by atoms with Gasteiger partial charge in [0.25, 0.3) is 0 Å². The van der Waals surface area contributed by atoms with Crippen LogP contribution in [0, 0.1) is 0 Å². The minimum atomic E-state index is -0.977. The minimum absolute atomic E-state index is 0.111. The summed E-state index contributed by atoms with van der Waals surface area (Å²) in [5.74, 6) is -0.865. The lowest BCUT2D eigenvalue weighted by atomic mass is 10.1. The predicted octanol–water partition coefficient (Wildman–Crippen LogP) is 1.67. The molecule has 0 aliphatic rings. The van der Waals surface area contributed by atoms with Crippen LogP contribution >= 0.6 is 0 Å². The Hall–Kier alpha value is -2.30. The minimum Gasteiger partial charge on any atom is -0.508 e. The van der Waals surface area contributed by atoms with Crippen LogP contribution in [0.2, 0.25) is 0 Å². The van der Waals surface area contributed by atoms with E-state index in [4.69, 9.17) is 9.63 Å². The van der Waals surface area contributed by atoms with Gasteiger partial charge >= 0.3 is 5.97 Å². The van der Waals surface area contributed by atoms with Gasteiger partial charge in [-0.2, -0.15) is 0 Å². The molecule has 5 nitrogen and oxygen atoms in total. The van der Waals surface area contributed by atoms with Crippen LogP contribution < -0.4 is 0 Å². The molecule has 2 aromatic rings. The molecular formula is C11H9NO4. The number of nitrogens with zero attached hydrogens (tertiary/aromatic N) is 1. The Morgan fingerprint density at radius 3 is 2.94 bits per heavy atom. The van der Waals surface area contributed by atoms with E-state index in [9.17, 15) is 9.90 Å². The largest absolute Gasteiger partial charge is 0.508 e. The molecule has 2 N–H and O–H groups in total. The summed E-state index contributed by atoms with van der Waals surface area (Å²) in [7, 11) is 0. The number of rotatable bonds is 3. The van der Waals surface area contributed by atoms with Crippen LogP contribution in [0.25, 0.3) is 11.1 Å². The first kappa shape index (κ1) is 10.2. The zero-order valence-corrected chi connectivity index (χ0v) is 8.25. The molecule has 5 heteroatoms. The number of aromatic nitrogens is 1. The highest BCUT2D eigenvalue weighted by molar-refractivity contribution is 5.75. The van der Waals surface area contributed by atoms with Crippen LogP contribution in [-0.4, -0.2) is 21.3 Å². The second-order valence-electron chi connectivity index (χ2n) is 3.30. The number of hydrogen-bond acceptors (Lipinski definition) is 4. The number of carboxylic acid groups (broad SMARTS) is 1. The van der Waals surface area contributed by atoms with Crippen molar-refractivity contribution in [1.82, 2.24) is 5.16 Å². The highest BCUT2D eigenvalue weighted by Gasteiger charge is 2.13. The van der Waals surface area contributed by atoms with E-state index in [1.807, 2.05) is 0 Å². The molecule has 0 atom stereocenters. The van der Waals surface area contributed by atoms with E-state index in [0.29, 0.717) is 16.8 Å². The van der Waals surface area contributed by atoms with Gasteiger partial charge in [0.15, 0.2) is 0 Å². The fourth-order valence-corrected chi connectivity index (χ4v) is 1.44. The second kappa shape index (κ2) is 4.06. The lowest BCUT2D eigenvalue weighted by Crippen LogP contribution is -2.01. The summed E-state index contributed by atoms with van der Waals surface area (Å²) in [5.41, 5.74) is 1.61. The van der Waals surface area contributed by atoms with Crippen molar-refractivity contribution >= 4 is 5.97 Å². The second-order valence-corrected chi connectivity index (χ2v) is 3.30. The van der Waals surface area contributed by atoms with E-state index in [2.05, 4.69) is 5.16 Å². The topological polar surface area (TPSA) is 83.6 Å². The maximum Gasteiger partial charge on any atom is 0.309 e. The van der Waals surface area contributed by atoms with Crippen molar-refractivity contribution in [1.29, 1.82) is 0 Å². The molecule has 0 fully saturated rings. The maximum atomic E-state index is 10.6. The first-order valence-corrected chi connectivity index (χ1v) is 4.61. The Balaban J connectivity index is 2.40. The monoisotopic (exact) mass is 219 g/mol. The summed E-state index contributed by atoms with van der Waals surface area (Å²) < 4.78 is 4.75. The predicted molar refractivity (Wildman–Crippen MR) is 54.9 cm³/mol. The summed E-state index contributed by atoms with van der Waals surface area (Å²) in [6, 6.07) is 6.48. The summed E-state index contributed by atoms with van der Waals surface area (Å²) in [6.07, 6.45) is 1.16. The Kier molecular flexibility index (Phi) is 2.59. The molecule has 1 aromatic carbocycles. The van der Waals surface area contributed by atoms with Crippen molar-refractivity contribution in [2.75, 3.05) is 0 Å². The average molecular weight is 219 g/mol. The number of phenols is 1. The van der Waals surface area contributed by atoms with Crippen molar-refractivity contribution in [3.63, 3.8) is 0 Å².